The third-order valence-corrected chi connectivity index (χ3v) is 6.75. The Labute approximate surface area is 170 Å². The molecule has 0 spiro atoms. The number of benzene rings is 1. The predicted molar refractivity (Wildman–Crippen MR) is 106 cm³/mol. The van der Waals surface area contributed by atoms with Gasteiger partial charge in [0, 0.05) is 38.3 Å². The van der Waals surface area contributed by atoms with Crippen molar-refractivity contribution >= 4 is 15.8 Å². The number of hydrogen-bond acceptors (Lipinski definition) is 7. The van der Waals surface area contributed by atoms with Crippen LogP contribution in [-0.4, -0.2) is 73.9 Å². The average molecular weight is 423 g/mol. The van der Waals surface area contributed by atoms with E-state index in [2.05, 4.69) is 0 Å². The predicted octanol–water partition coefficient (Wildman–Crippen LogP) is 1.37. The van der Waals surface area contributed by atoms with Gasteiger partial charge in [-0.3, -0.25) is 9.69 Å². The van der Waals surface area contributed by atoms with Crippen LogP contribution in [0.2, 0.25) is 0 Å². The number of aliphatic hydroxyl groups is 1. The number of aliphatic hydroxyl groups excluding tert-OH is 1. The number of sulfonamides is 1. The first-order valence-corrected chi connectivity index (χ1v) is 10.9. The van der Waals surface area contributed by atoms with Gasteiger partial charge in [-0.05, 0) is 31.2 Å². The lowest BCUT2D eigenvalue weighted by molar-refractivity contribution is 0.00100. The van der Waals surface area contributed by atoms with E-state index in [9.17, 15) is 18.3 Å². The molecule has 1 fully saturated rings. The highest BCUT2D eigenvalue weighted by atomic mass is 32.2. The zero-order chi connectivity index (χ0) is 20.9. The zero-order valence-electron chi connectivity index (χ0n) is 16.4. The molecule has 1 N–H and O–H groups in total. The Bertz CT molecular complexity index is 888. The minimum atomic E-state index is -3.60. The average Bonchev–Trinajstić information content (AvgIpc) is 3.22. The largest absolute Gasteiger partial charge is 0.467 e. The summed E-state index contributed by atoms with van der Waals surface area (Å²) in [4.78, 5) is 13.6. The second-order valence-electron chi connectivity index (χ2n) is 7.03. The number of piperazine rings is 1. The summed E-state index contributed by atoms with van der Waals surface area (Å²) >= 11 is 0. The highest BCUT2D eigenvalue weighted by molar-refractivity contribution is 7.89. The summed E-state index contributed by atoms with van der Waals surface area (Å²) in [5.41, 5.74) is 0.483. The van der Waals surface area contributed by atoms with Gasteiger partial charge in [0.15, 0.2) is 5.78 Å². The molecule has 158 valence electrons. The van der Waals surface area contributed by atoms with Crippen molar-refractivity contribution in [3.8, 4) is 0 Å². The van der Waals surface area contributed by atoms with Crippen molar-refractivity contribution in [2.75, 3.05) is 39.3 Å². The number of carbonyl (C=O) groups excluding carboxylic acids is 1. The Balaban J connectivity index is 1.45. The molecule has 1 aliphatic heterocycles. The maximum Gasteiger partial charge on any atom is 0.243 e. The van der Waals surface area contributed by atoms with Crippen molar-refractivity contribution < 1.29 is 27.5 Å². The molecule has 29 heavy (non-hydrogen) atoms. The van der Waals surface area contributed by atoms with Crippen LogP contribution in [0, 0.1) is 0 Å². The Morgan fingerprint density at radius 2 is 1.86 bits per heavy atom. The van der Waals surface area contributed by atoms with E-state index >= 15 is 0 Å². The van der Waals surface area contributed by atoms with E-state index in [0.717, 1.165) is 0 Å². The number of β-amino-alcohol motifs (C(OH)–C–C–N with tert-alkyl or cyclic N) is 1. The number of nitrogens with zero attached hydrogens (tertiary/aromatic N) is 2. The number of furan rings is 1. The fourth-order valence-corrected chi connectivity index (χ4v) is 4.63. The standard InChI is InChI=1S/C20H26N2O6S/c1-16(23)17-4-6-20(7-5-17)29(25,26)22-10-8-21(9-11-22)13-18(24)14-27-15-19-3-2-12-28-19/h2-7,12,18,24H,8-11,13-15H2,1H3/t18-/m0/s1. The minimum Gasteiger partial charge on any atom is -0.467 e. The van der Waals surface area contributed by atoms with Gasteiger partial charge < -0.3 is 14.3 Å². The van der Waals surface area contributed by atoms with Crippen LogP contribution in [0.3, 0.4) is 0 Å². The molecule has 2 heterocycles. The van der Waals surface area contributed by atoms with Gasteiger partial charge >= 0.3 is 0 Å². The van der Waals surface area contributed by atoms with Crippen LogP contribution in [0.4, 0.5) is 0 Å². The van der Waals surface area contributed by atoms with Gasteiger partial charge in [0.2, 0.25) is 10.0 Å². The van der Waals surface area contributed by atoms with Crippen LogP contribution < -0.4 is 0 Å². The second-order valence-corrected chi connectivity index (χ2v) is 8.97. The van der Waals surface area contributed by atoms with E-state index in [0.29, 0.717) is 50.7 Å². The fourth-order valence-electron chi connectivity index (χ4n) is 3.20. The van der Waals surface area contributed by atoms with Gasteiger partial charge in [-0.15, -0.1) is 0 Å². The molecular weight excluding hydrogens is 396 g/mol. The highest BCUT2D eigenvalue weighted by Gasteiger charge is 2.29. The molecule has 9 heteroatoms. The monoisotopic (exact) mass is 422 g/mol. The van der Waals surface area contributed by atoms with Gasteiger partial charge in [-0.25, -0.2) is 8.42 Å². The molecule has 0 saturated carbocycles. The van der Waals surface area contributed by atoms with Gasteiger partial charge in [0.25, 0.3) is 0 Å². The smallest absolute Gasteiger partial charge is 0.243 e. The molecule has 0 bridgehead atoms. The first kappa shape index (κ1) is 21.7. The lowest BCUT2D eigenvalue weighted by atomic mass is 10.2. The molecule has 2 aromatic rings. The number of Topliss-reactive ketones (excluding diaryl/α,β-unsaturated/α-hetero) is 1. The number of ether oxygens (including phenoxy) is 1. The topological polar surface area (TPSA) is 100 Å². The SMILES string of the molecule is CC(=O)c1ccc(S(=O)(=O)N2CCN(C[C@H](O)COCc3ccco3)CC2)cc1. The van der Waals surface area contributed by atoms with Gasteiger partial charge in [0.1, 0.15) is 12.4 Å². The minimum absolute atomic E-state index is 0.103. The van der Waals surface area contributed by atoms with Crippen molar-refractivity contribution in [1.29, 1.82) is 0 Å². The van der Waals surface area contributed by atoms with Gasteiger partial charge in [-0.1, -0.05) is 12.1 Å². The summed E-state index contributed by atoms with van der Waals surface area (Å²) in [5.74, 6) is 0.599. The van der Waals surface area contributed by atoms with Crippen LogP contribution in [-0.2, 0) is 21.4 Å². The van der Waals surface area contributed by atoms with Crippen molar-refractivity contribution in [2.45, 2.75) is 24.5 Å². The summed E-state index contributed by atoms with van der Waals surface area (Å²) in [5, 5.41) is 10.1. The molecule has 0 unspecified atom stereocenters. The molecule has 1 aliphatic rings. The lowest BCUT2D eigenvalue weighted by Crippen LogP contribution is -2.50. The molecule has 8 nitrogen and oxygen atoms in total. The molecule has 1 saturated heterocycles. The van der Waals surface area contributed by atoms with E-state index in [4.69, 9.17) is 9.15 Å². The number of rotatable bonds is 9. The molecule has 1 aromatic heterocycles. The molecule has 0 radical (unpaired) electrons. The van der Waals surface area contributed by atoms with Crippen molar-refractivity contribution in [1.82, 2.24) is 9.21 Å². The molecule has 1 aromatic carbocycles. The Morgan fingerprint density at radius 1 is 1.17 bits per heavy atom. The van der Waals surface area contributed by atoms with Crippen molar-refractivity contribution in [2.24, 2.45) is 0 Å². The zero-order valence-corrected chi connectivity index (χ0v) is 17.2. The quantitative estimate of drug-likeness (QED) is 0.609. The van der Waals surface area contributed by atoms with E-state index in [1.807, 2.05) is 4.90 Å². The molecule has 3 rings (SSSR count). The summed E-state index contributed by atoms with van der Waals surface area (Å²) < 4.78 is 37.6. The maximum absolute atomic E-state index is 12.8. The van der Waals surface area contributed by atoms with Gasteiger partial charge in [-0.2, -0.15) is 4.31 Å². The highest BCUT2D eigenvalue weighted by Crippen LogP contribution is 2.18. The number of hydrogen-bond donors (Lipinski definition) is 1. The lowest BCUT2D eigenvalue weighted by Gasteiger charge is -2.34. The van der Waals surface area contributed by atoms with Crippen LogP contribution in [0.1, 0.15) is 23.0 Å². The van der Waals surface area contributed by atoms with E-state index in [1.165, 1.54) is 35.5 Å². The van der Waals surface area contributed by atoms with Gasteiger partial charge in [0.05, 0.1) is 23.9 Å². The molecule has 1 atom stereocenters. The third-order valence-electron chi connectivity index (χ3n) is 4.83. The Hall–Kier alpha value is -2.04. The van der Waals surface area contributed by atoms with E-state index in [1.54, 1.807) is 18.4 Å². The Kier molecular flexibility index (Phi) is 7.20. The second kappa shape index (κ2) is 9.64. The Morgan fingerprint density at radius 3 is 2.45 bits per heavy atom. The number of ketones is 1. The van der Waals surface area contributed by atoms with Crippen LogP contribution in [0.25, 0.3) is 0 Å². The van der Waals surface area contributed by atoms with Crippen molar-refractivity contribution in [3.63, 3.8) is 0 Å². The molecule has 0 amide bonds. The first-order chi connectivity index (χ1) is 13.9. The van der Waals surface area contributed by atoms with Crippen LogP contribution >= 0.6 is 0 Å². The van der Waals surface area contributed by atoms with E-state index in [-0.39, 0.29) is 17.3 Å². The summed E-state index contributed by atoms with van der Waals surface area (Å²) in [6.07, 6.45) is 0.910. The maximum atomic E-state index is 12.8. The van der Waals surface area contributed by atoms with Crippen molar-refractivity contribution in [3.05, 3.63) is 54.0 Å². The van der Waals surface area contributed by atoms with E-state index < -0.39 is 16.1 Å². The normalized spacial score (nSPS) is 17.3. The summed E-state index contributed by atoms with van der Waals surface area (Å²) in [6, 6.07) is 9.59. The first-order valence-electron chi connectivity index (χ1n) is 9.48. The molecule has 0 aliphatic carbocycles. The molecular formula is C20H26N2O6S. The van der Waals surface area contributed by atoms with Crippen LogP contribution in [0.15, 0.2) is 52.0 Å². The number of carbonyl (C=O) groups is 1. The fraction of sp³-hybridized carbons (Fsp3) is 0.450. The third kappa shape index (κ3) is 5.74. The van der Waals surface area contributed by atoms with Crippen LogP contribution in [0.5, 0.6) is 0 Å². The summed E-state index contributed by atoms with van der Waals surface area (Å²) in [6.45, 7) is 4.09. The summed E-state index contributed by atoms with van der Waals surface area (Å²) in [7, 11) is -3.60.